The fourth-order valence-corrected chi connectivity index (χ4v) is 4.04. The molecule has 0 aliphatic rings. The number of carboxylic acids is 1. The molecule has 0 aliphatic heterocycles. The maximum atomic E-state index is 13.2. The Morgan fingerprint density at radius 3 is 2.05 bits per heavy atom. The molecule has 2 aromatic rings. The normalized spacial score (nSPS) is 13.6. The van der Waals surface area contributed by atoms with Gasteiger partial charge in [0.1, 0.15) is 18.1 Å². The standard InChI is InChI=1S/C25H36N10O7/c26-14(9-19(27)36)21(38)33-16(6-3-7-31-25(29)30)22(39)34-17(10-20(28)37)23(40)35-18(24(41)42)8-12-11-32-15-5-2-1-4-13(12)15/h1-2,4-5,11,14,16-18,32H,3,6-10,26H2,(H2,27,36)(H2,28,37)(H,33,38)(H,34,39)(H,35,40)(H,41,42)(H4,29,30,31). The van der Waals surface area contributed by atoms with Crippen molar-refractivity contribution >= 4 is 52.4 Å². The molecular weight excluding hydrogens is 552 g/mol. The molecule has 1 aromatic carbocycles. The van der Waals surface area contributed by atoms with E-state index in [-0.39, 0.29) is 31.8 Å². The molecule has 1 aromatic heterocycles. The quantitative estimate of drug-likeness (QED) is 0.0491. The van der Waals surface area contributed by atoms with Crippen molar-refractivity contribution in [3.63, 3.8) is 0 Å². The van der Waals surface area contributed by atoms with Gasteiger partial charge in [0.15, 0.2) is 5.96 Å². The van der Waals surface area contributed by atoms with Crippen LogP contribution < -0.4 is 44.6 Å². The van der Waals surface area contributed by atoms with Gasteiger partial charge in [0.25, 0.3) is 0 Å². The van der Waals surface area contributed by atoms with E-state index in [1.807, 2.05) is 0 Å². The van der Waals surface area contributed by atoms with Gasteiger partial charge in [0.05, 0.1) is 18.9 Å². The zero-order valence-corrected chi connectivity index (χ0v) is 22.7. The molecule has 15 N–H and O–H groups in total. The van der Waals surface area contributed by atoms with Gasteiger partial charge in [-0.3, -0.25) is 29.0 Å². The predicted octanol–water partition coefficient (Wildman–Crippen LogP) is -3.62. The number of nitrogens with two attached hydrogens (primary N) is 5. The van der Waals surface area contributed by atoms with Gasteiger partial charge in [-0.15, -0.1) is 0 Å². The lowest BCUT2D eigenvalue weighted by atomic mass is 10.0. The Morgan fingerprint density at radius 1 is 0.833 bits per heavy atom. The number of para-hydroxylation sites is 1. The number of hydrogen-bond acceptors (Lipinski definition) is 8. The van der Waals surface area contributed by atoms with Crippen LogP contribution >= 0.6 is 0 Å². The van der Waals surface area contributed by atoms with Crippen LogP contribution in [-0.4, -0.2) is 82.3 Å². The molecule has 0 saturated carbocycles. The SMILES string of the molecule is NC(=O)CC(N)C(=O)NC(CCCN=C(N)N)C(=O)NC(CC(N)=O)C(=O)NC(Cc1c[nH]c2ccccc12)C(=O)O. The molecule has 0 fully saturated rings. The van der Waals surface area contributed by atoms with Crippen LogP contribution in [0.15, 0.2) is 35.5 Å². The number of nitrogens with one attached hydrogen (secondary N) is 4. The summed E-state index contributed by atoms with van der Waals surface area (Å²) in [5.74, 6) is -6.14. The molecule has 228 valence electrons. The number of amides is 5. The molecule has 4 unspecified atom stereocenters. The first-order valence-electron chi connectivity index (χ1n) is 12.8. The number of H-pyrrole nitrogens is 1. The molecule has 0 radical (unpaired) electrons. The third kappa shape index (κ3) is 10.4. The number of rotatable bonds is 17. The Hall–Kier alpha value is -5.19. The topological polar surface area (TPSA) is 317 Å². The summed E-state index contributed by atoms with van der Waals surface area (Å²) in [7, 11) is 0. The van der Waals surface area contributed by atoms with E-state index >= 15 is 0 Å². The Kier molecular flexibility index (Phi) is 12.2. The summed E-state index contributed by atoms with van der Waals surface area (Å²) < 4.78 is 0. The molecule has 4 atom stereocenters. The summed E-state index contributed by atoms with van der Waals surface area (Å²) in [6, 6.07) is 1.49. The predicted molar refractivity (Wildman–Crippen MR) is 151 cm³/mol. The number of aliphatic imine (C=N–C) groups is 1. The number of guanidine groups is 1. The lowest BCUT2D eigenvalue weighted by molar-refractivity contribution is -0.142. The van der Waals surface area contributed by atoms with Gasteiger partial charge in [-0.1, -0.05) is 18.2 Å². The molecule has 2 rings (SSSR count). The molecule has 0 saturated heterocycles. The highest BCUT2D eigenvalue weighted by molar-refractivity contribution is 5.97. The second-order valence-corrected chi connectivity index (χ2v) is 9.48. The van der Waals surface area contributed by atoms with Gasteiger partial charge < -0.3 is 54.7 Å². The second kappa shape index (κ2) is 15.6. The number of aromatic amines is 1. The lowest BCUT2D eigenvalue weighted by Crippen LogP contribution is -2.58. The Morgan fingerprint density at radius 2 is 1.43 bits per heavy atom. The smallest absolute Gasteiger partial charge is 0.326 e. The van der Waals surface area contributed by atoms with Crippen molar-refractivity contribution < 1.29 is 33.9 Å². The number of carbonyl (C=O) groups excluding carboxylic acids is 5. The van der Waals surface area contributed by atoms with Crippen LogP contribution in [0, 0.1) is 0 Å². The highest BCUT2D eigenvalue weighted by Gasteiger charge is 2.31. The number of benzene rings is 1. The van der Waals surface area contributed by atoms with Crippen LogP contribution in [0.1, 0.15) is 31.2 Å². The Labute approximate surface area is 240 Å². The summed E-state index contributed by atoms with van der Waals surface area (Å²) in [4.78, 5) is 80.5. The average Bonchev–Trinajstić information content (AvgIpc) is 3.31. The average molecular weight is 589 g/mol. The van der Waals surface area contributed by atoms with Crippen molar-refractivity contribution in [3.05, 3.63) is 36.0 Å². The number of hydrogen-bond donors (Lipinski definition) is 10. The summed E-state index contributed by atoms with van der Waals surface area (Å²) in [5.41, 5.74) is 28.0. The number of aromatic nitrogens is 1. The third-order valence-electron chi connectivity index (χ3n) is 6.09. The summed E-state index contributed by atoms with van der Waals surface area (Å²) in [6.07, 6.45) is 0.499. The highest BCUT2D eigenvalue weighted by atomic mass is 16.4. The minimum absolute atomic E-state index is 0.0408. The van der Waals surface area contributed by atoms with Crippen LogP contribution in [0.5, 0.6) is 0 Å². The molecule has 5 amide bonds. The molecule has 0 aliphatic carbocycles. The van der Waals surface area contributed by atoms with Crippen molar-refractivity contribution in [2.45, 2.75) is 56.3 Å². The monoisotopic (exact) mass is 588 g/mol. The Bertz CT molecular complexity index is 1340. The number of nitrogens with zero attached hydrogens (tertiary/aromatic N) is 1. The van der Waals surface area contributed by atoms with Gasteiger partial charge in [-0.25, -0.2) is 4.79 Å². The number of carboxylic acid groups (broad SMARTS) is 1. The minimum Gasteiger partial charge on any atom is -0.480 e. The van der Waals surface area contributed by atoms with Crippen LogP contribution in [-0.2, 0) is 35.2 Å². The summed E-state index contributed by atoms with van der Waals surface area (Å²) >= 11 is 0. The Balaban J connectivity index is 2.20. The van der Waals surface area contributed by atoms with E-state index < -0.39 is 72.5 Å². The van der Waals surface area contributed by atoms with Crippen LogP contribution in [0.3, 0.4) is 0 Å². The van der Waals surface area contributed by atoms with Crippen LogP contribution in [0.2, 0.25) is 0 Å². The fraction of sp³-hybridized carbons (Fsp3) is 0.400. The van der Waals surface area contributed by atoms with E-state index in [1.165, 1.54) is 0 Å². The summed E-state index contributed by atoms with van der Waals surface area (Å²) in [5, 5.41) is 17.6. The fourth-order valence-electron chi connectivity index (χ4n) is 4.04. The van der Waals surface area contributed by atoms with Crippen molar-refractivity contribution in [2.75, 3.05) is 6.54 Å². The number of fused-ring (bicyclic) bond motifs is 1. The van der Waals surface area contributed by atoms with E-state index in [4.69, 9.17) is 28.7 Å². The van der Waals surface area contributed by atoms with Crippen molar-refractivity contribution in [3.8, 4) is 0 Å². The highest BCUT2D eigenvalue weighted by Crippen LogP contribution is 2.19. The first kappa shape index (κ1) is 33.0. The van der Waals surface area contributed by atoms with Gasteiger partial charge >= 0.3 is 5.97 Å². The molecule has 42 heavy (non-hydrogen) atoms. The molecular formula is C25H36N10O7. The molecule has 17 nitrogen and oxygen atoms in total. The van der Waals surface area contributed by atoms with Crippen LogP contribution in [0.25, 0.3) is 10.9 Å². The summed E-state index contributed by atoms with van der Waals surface area (Å²) in [6.45, 7) is 0.0919. The zero-order chi connectivity index (χ0) is 31.4. The van der Waals surface area contributed by atoms with Crippen molar-refractivity contribution in [2.24, 2.45) is 33.7 Å². The third-order valence-corrected chi connectivity index (χ3v) is 6.09. The first-order valence-corrected chi connectivity index (χ1v) is 12.8. The maximum absolute atomic E-state index is 13.2. The number of carbonyl (C=O) groups is 6. The van der Waals surface area contributed by atoms with E-state index in [9.17, 15) is 33.9 Å². The van der Waals surface area contributed by atoms with E-state index in [1.54, 1.807) is 30.5 Å². The minimum atomic E-state index is -1.59. The zero-order valence-electron chi connectivity index (χ0n) is 22.7. The lowest BCUT2D eigenvalue weighted by Gasteiger charge is -2.24. The van der Waals surface area contributed by atoms with Crippen molar-refractivity contribution in [1.82, 2.24) is 20.9 Å². The van der Waals surface area contributed by atoms with Gasteiger partial charge in [0, 0.05) is 30.1 Å². The molecule has 1 heterocycles. The van der Waals surface area contributed by atoms with E-state index in [0.29, 0.717) is 5.56 Å². The molecule has 0 spiro atoms. The van der Waals surface area contributed by atoms with Gasteiger partial charge in [-0.2, -0.15) is 0 Å². The van der Waals surface area contributed by atoms with E-state index in [2.05, 4.69) is 25.9 Å². The largest absolute Gasteiger partial charge is 0.480 e. The van der Waals surface area contributed by atoms with E-state index in [0.717, 1.165) is 10.9 Å². The first-order chi connectivity index (χ1) is 19.8. The second-order valence-electron chi connectivity index (χ2n) is 9.48. The van der Waals surface area contributed by atoms with Gasteiger partial charge in [0.2, 0.25) is 29.5 Å². The van der Waals surface area contributed by atoms with Crippen molar-refractivity contribution in [1.29, 1.82) is 0 Å². The van der Waals surface area contributed by atoms with Gasteiger partial charge in [-0.05, 0) is 24.5 Å². The maximum Gasteiger partial charge on any atom is 0.326 e. The van der Waals surface area contributed by atoms with Crippen LogP contribution in [0.4, 0.5) is 0 Å². The number of aliphatic carboxylic acids is 1. The number of primary amides is 2. The molecule has 17 heteroatoms. The molecule has 0 bridgehead atoms.